The molecule has 7 nitrogen and oxygen atoms in total. The van der Waals surface area contributed by atoms with Crippen molar-refractivity contribution in [2.75, 3.05) is 5.32 Å². The van der Waals surface area contributed by atoms with Crippen LogP contribution in [0.2, 0.25) is 0 Å². The van der Waals surface area contributed by atoms with Gasteiger partial charge in [0.2, 0.25) is 0 Å². The number of anilines is 1. The summed E-state index contributed by atoms with van der Waals surface area (Å²) in [5.74, 6) is -0.424. The number of carbonyl (C=O) groups excluding carboxylic acids is 1. The molecule has 0 bridgehead atoms. The number of nitrogens with zero attached hydrogens (tertiary/aromatic N) is 3. The van der Waals surface area contributed by atoms with Crippen LogP contribution >= 0.6 is 0 Å². The number of amides is 1. The number of para-hydroxylation sites is 1. The number of ether oxygens (including phenoxy) is 1. The van der Waals surface area contributed by atoms with Crippen LogP contribution in [0.3, 0.4) is 0 Å². The Morgan fingerprint density at radius 3 is 2.74 bits per heavy atom. The summed E-state index contributed by atoms with van der Waals surface area (Å²) in [6.45, 7) is 4.25. The van der Waals surface area contributed by atoms with Crippen LogP contribution < -0.4 is 10.1 Å². The van der Waals surface area contributed by atoms with Gasteiger partial charge in [-0.1, -0.05) is 41.6 Å². The van der Waals surface area contributed by atoms with Gasteiger partial charge in [-0.25, -0.2) is 4.39 Å². The number of hydrogen-bond acceptors (Lipinski definition) is 5. The average Bonchev–Trinajstić information content (AvgIpc) is 3.35. The van der Waals surface area contributed by atoms with Gasteiger partial charge in [-0.05, 0) is 37.1 Å². The van der Waals surface area contributed by atoms with E-state index in [1.807, 2.05) is 31.2 Å². The van der Waals surface area contributed by atoms with Crippen molar-refractivity contribution >= 4 is 11.6 Å². The van der Waals surface area contributed by atoms with Gasteiger partial charge in [0.1, 0.15) is 12.4 Å². The average molecular weight is 420 g/mol. The lowest BCUT2D eigenvalue weighted by Crippen LogP contribution is -2.15. The molecule has 0 aliphatic carbocycles. The summed E-state index contributed by atoms with van der Waals surface area (Å²) in [4.78, 5) is 12.7. The molecule has 2 heterocycles. The molecule has 0 saturated heterocycles. The molecule has 0 atom stereocenters. The van der Waals surface area contributed by atoms with Crippen LogP contribution in [0.1, 0.15) is 32.9 Å². The number of carbonyl (C=O) groups is 1. The largest absolute Gasteiger partial charge is 0.486 e. The second-order valence-corrected chi connectivity index (χ2v) is 7.09. The molecule has 0 unspecified atom stereocenters. The van der Waals surface area contributed by atoms with E-state index in [2.05, 4.69) is 15.6 Å². The highest BCUT2D eigenvalue weighted by molar-refractivity contribution is 6.03. The van der Waals surface area contributed by atoms with Crippen molar-refractivity contribution in [2.45, 2.75) is 27.0 Å². The Morgan fingerprint density at radius 1 is 1.16 bits per heavy atom. The molecule has 0 saturated carbocycles. The highest BCUT2D eigenvalue weighted by atomic mass is 19.1. The summed E-state index contributed by atoms with van der Waals surface area (Å²) in [6, 6.07) is 14.1. The molecule has 158 valence electrons. The molecule has 8 heteroatoms. The monoisotopic (exact) mass is 420 g/mol. The number of aryl methyl sites for hydroxylation is 2. The van der Waals surface area contributed by atoms with Crippen molar-refractivity contribution in [3.8, 4) is 5.75 Å². The third kappa shape index (κ3) is 4.63. The minimum atomic E-state index is -0.483. The number of halogens is 1. The molecule has 2 aromatic heterocycles. The van der Waals surface area contributed by atoms with Gasteiger partial charge < -0.3 is 14.6 Å². The molecular weight excluding hydrogens is 399 g/mol. The second kappa shape index (κ2) is 8.83. The summed E-state index contributed by atoms with van der Waals surface area (Å²) in [6.07, 6.45) is 3.31. The molecule has 1 N–H and O–H groups in total. The zero-order valence-electron chi connectivity index (χ0n) is 17.1. The van der Waals surface area contributed by atoms with Gasteiger partial charge in [0.05, 0.1) is 24.0 Å². The number of nitrogens with one attached hydrogen (secondary N) is 1. The first-order chi connectivity index (χ1) is 15.0. The third-order valence-electron chi connectivity index (χ3n) is 4.89. The Balaban J connectivity index is 1.44. The highest BCUT2D eigenvalue weighted by Gasteiger charge is 2.21. The molecule has 1 amide bonds. The number of aromatic nitrogens is 3. The highest BCUT2D eigenvalue weighted by Crippen LogP contribution is 2.21. The predicted octanol–water partition coefficient (Wildman–Crippen LogP) is 4.51. The van der Waals surface area contributed by atoms with Gasteiger partial charge in [0.15, 0.2) is 17.3 Å². The summed E-state index contributed by atoms with van der Waals surface area (Å²) in [5, 5.41) is 10.9. The fraction of sp³-hybridized carbons (Fsp3) is 0.174. The first-order valence-corrected chi connectivity index (χ1v) is 9.72. The normalized spacial score (nSPS) is 10.8. The molecule has 0 aliphatic heterocycles. The molecule has 2 aromatic carbocycles. The lowest BCUT2D eigenvalue weighted by molar-refractivity contribution is 0.101. The molecule has 31 heavy (non-hydrogen) atoms. The Morgan fingerprint density at radius 2 is 1.94 bits per heavy atom. The predicted molar refractivity (Wildman–Crippen MR) is 112 cm³/mol. The number of rotatable bonds is 7. The van der Waals surface area contributed by atoms with Crippen LogP contribution in [0.5, 0.6) is 5.75 Å². The molecule has 0 spiro atoms. The van der Waals surface area contributed by atoms with Gasteiger partial charge in [0.25, 0.3) is 5.91 Å². The Bertz CT molecular complexity index is 1220. The summed E-state index contributed by atoms with van der Waals surface area (Å²) >= 11 is 0. The van der Waals surface area contributed by atoms with Crippen molar-refractivity contribution < 1.29 is 18.4 Å². The maximum atomic E-state index is 13.8. The van der Waals surface area contributed by atoms with Crippen LogP contribution in [0.4, 0.5) is 10.1 Å². The minimum Gasteiger partial charge on any atom is -0.486 e. The fourth-order valence-corrected chi connectivity index (χ4v) is 3.12. The summed E-state index contributed by atoms with van der Waals surface area (Å²) < 4.78 is 26.2. The summed E-state index contributed by atoms with van der Waals surface area (Å²) in [7, 11) is 0. The second-order valence-electron chi connectivity index (χ2n) is 7.09. The number of benzene rings is 2. The van der Waals surface area contributed by atoms with Gasteiger partial charge in [-0.3, -0.25) is 9.48 Å². The van der Waals surface area contributed by atoms with Crippen molar-refractivity contribution in [2.24, 2.45) is 0 Å². The lowest BCUT2D eigenvalue weighted by atomic mass is 10.1. The summed E-state index contributed by atoms with van der Waals surface area (Å²) in [5.41, 5.74) is 3.37. The first kappa shape index (κ1) is 20.3. The zero-order chi connectivity index (χ0) is 21.8. The zero-order valence-corrected chi connectivity index (χ0v) is 17.1. The van der Waals surface area contributed by atoms with E-state index in [0.29, 0.717) is 23.6 Å². The quantitative estimate of drug-likeness (QED) is 0.476. The van der Waals surface area contributed by atoms with Crippen molar-refractivity contribution in [3.05, 3.63) is 94.9 Å². The van der Waals surface area contributed by atoms with Crippen LogP contribution in [-0.4, -0.2) is 20.8 Å². The van der Waals surface area contributed by atoms with Crippen molar-refractivity contribution in [1.29, 1.82) is 0 Å². The fourth-order valence-electron chi connectivity index (χ4n) is 3.12. The molecule has 0 fully saturated rings. The Labute approximate surface area is 178 Å². The minimum absolute atomic E-state index is 0.0500. The maximum absolute atomic E-state index is 13.8. The topological polar surface area (TPSA) is 82.2 Å². The van der Waals surface area contributed by atoms with E-state index in [1.54, 1.807) is 36.1 Å². The van der Waals surface area contributed by atoms with Crippen LogP contribution in [-0.2, 0) is 13.2 Å². The van der Waals surface area contributed by atoms with Crippen LogP contribution in [0.15, 0.2) is 65.4 Å². The smallest absolute Gasteiger partial charge is 0.278 e. The molecule has 4 aromatic rings. The Hall–Kier alpha value is -3.94. The number of hydrogen-bond donors (Lipinski definition) is 1. The van der Waals surface area contributed by atoms with Crippen molar-refractivity contribution in [1.82, 2.24) is 14.9 Å². The van der Waals surface area contributed by atoms with E-state index in [4.69, 9.17) is 9.26 Å². The van der Waals surface area contributed by atoms with Gasteiger partial charge in [-0.2, -0.15) is 5.10 Å². The van der Waals surface area contributed by atoms with E-state index in [1.165, 1.54) is 17.7 Å². The van der Waals surface area contributed by atoms with E-state index < -0.39 is 11.7 Å². The van der Waals surface area contributed by atoms with Gasteiger partial charge in [-0.15, -0.1) is 0 Å². The lowest BCUT2D eigenvalue weighted by Gasteiger charge is -2.07. The van der Waals surface area contributed by atoms with Crippen LogP contribution in [0.25, 0.3) is 0 Å². The first-order valence-electron chi connectivity index (χ1n) is 9.72. The van der Waals surface area contributed by atoms with Gasteiger partial charge >= 0.3 is 0 Å². The Kier molecular flexibility index (Phi) is 5.79. The molecular formula is C23H21FN4O3. The van der Waals surface area contributed by atoms with Crippen molar-refractivity contribution in [3.63, 3.8) is 0 Å². The molecule has 4 rings (SSSR count). The van der Waals surface area contributed by atoms with E-state index in [0.717, 1.165) is 5.56 Å². The SMILES string of the molecule is Cc1ccccc1Cn1cc(NC(=O)c2noc(C)c2COc2ccccc2F)cn1. The van der Waals surface area contributed by atoms with E-state index in [-0.39, 0.29) is 18.1 Å². The standard InChI is InChI=1S/C23H21FN4O3/c1-15-7-3-4-8-17(15)12-28-13-18(11-25-28)26-23(29)22-19(16(2)31-27-22)14-30-21-10-6-5-9-20(21)24/h3-11,13H,12,14H2,1-2H3,(H,26,29). The molecule has 0 aliphatic rings. The molecule has 0 radical (unpaired) electrons. The van der Waals surface area contributed by atoms with E-state index >= 15 is 0 Å². The van der Waals surface area contributed by atoms with E-state index in [9.17, 15) is 9.18 Å². The third-order valence-corrected chi connectivity index (χ3v) is 4.89. The van der Waals surface area contributed by atoms with Crippen LogP contribution in [0, 0.1) is 19.7 Å². The van der Waals surface area contributed by atoms with Gasteiger partial charge in [0, 0.05) is 6.20 Å². The maximum Gasteiger partial charge on any atom is 0.278 e.